The lowest BCUT2D eigenvalue weighted by atomic mass is 9.73. The first-order valence-corrected chi connectivity index (χ1v) is 13.0. The lowest BCUT2D eigenvalue weighted by Crippen LogP contribution is -2.43. The zero-order valence-corrected chi connectivity index (χ0v) is 21.7. The summed E-state index contributed by atoms with van der Waals surface area (Å²) >= 11 is 0. The summed E-state index contributed by atoms with van der Waals surface area (Å²) in [7, 11) is 4.40. The third-order valence-corrected chi connectivity index (χ3v) is 7.33. The minimum absolute atomic E-state index is 0.114. The smallest absolute Gasteiger partial charge is 0.231 e. The van der Waals surface area contributed by atoms with E-state index >= 15 is 0 Å². The first kappa shape index (κ1) is 25.5. The Kier molecular flexibility index (Phi) is 7.67. The van der Waals surface area contributed by atoms with Crippen molar-refractivity contribution >= 4 is 0 Å². The molecule has 1 aliphatic carbocycles. The van der Waals surface area contributed by atoms with Gasteiger partial charge >= 0.3 is 0 Å². The molecule has 1 aromatic heterocycles. The van der Waals surface area contributed by atoms with Crippen LogP contribution in [0, 0.1) is 5.92 Å². The molecule has 2 aromatic carbocycles. The number of benzene rings is 2. The number of quaternary nitrogens is 1. The topological polar surface area (TPSA) is 55.5 Å². The molecular weight excluding hydrogens is 436 g/mol. The molecule has 4 rings (SSSR count). The second-order valence-electron chi connectivity index (χ2n) is 11.3. The summed E-state index contributed by atoms with van der Waals surface area (Å²) in [5, 5.41) is 12.1. The number of hydrogen-bond acceptors (Lipinski definition) is 4. The Hall–Kier alpha value is -2.63. The fourth-order valence-electron chi connectivity index (χ4n) is 5.23. The molecule has 5 heteroatoms. The number of ether oxygens (including phenoxy) is 1. The maximum Gasteiger partial charge on any atom is 0.231 e. The highest BCUT2D eigenvalue weighted by atomic mass is 16.5. The van der Waals surface area contributed by atoms with Gasteiger partial charge in [0.15, 0.2) is 11.4 Å². The van der Waals surface area contributed by atoms with Gasteiger partial charge in [-0.3, -0.25) is 0 Å². The van der Waals surface area contributed by atoms with E-state index in [1.165, 1.54) is 6.42 Å². The van der Waals surface area contributed by atoms with Crippen molar-refractivity contribution in [1.29, 1.82) is 0 Å². The minimum Gasteiger partial charge on any atom is -0.488 e. The highest BCUT2D eigenvalue weighted by molar-refractivity contribution is 5.30. The summed E-state index contributed by atoms with van der Waals surface area (Å²) in [4.78, 5) is 4.64. The van der Waals surface area contributed by atoms with Gasteiger partial charge in [0.2, 0.25) is 5.89 Å². The maximum absolute atomic E-state index is 12.1. The molecule has 188 valence electrons. The molecule has 0 spiro atoms. The van der Waals surface area contributed by atoms with Gasteiger partial charge in [-0.25, -0.2) is 4.98 Å². The Morgan fingerprint density at radius 1 is 0.971 bits per heavy atom. The predicted molar refractivity (Wildman–Crippen MR) is 139 cm³/mol. The van der Waals surface area contributed by atoms with Crippen molar-refractivity contribution in [2.45, 2.75) is 70.1 Å². The second kappa shape index (κ2) is 10.5. The Bertz CT molecular complexity index is 1060. The number of para-hydroxylation sites is 1. The van der Waals surface area contributed by atoms with Crippen LogP contribution in [-0.2, 0) is 12.1 Å². The van der Waals surface area contributed by atoms with Crippen molar-refractivity contribution in [2.75, 3.05) is 20.6 Å². The van der Waals surface area contributed by atoms with E-state index in [1.807, 2.05) is 60.7 Å². The van der Waals surface area contributed by atoms with Gasteiger partial charge in [0.05, 0.1) is 26.8 Å². The SMILES string of the molecule is CC(C)(CC[N+](C)(C)Cc1cnc(C(O)(c2ccccc2)C2CCCCC2)o1)Oc1ccccc1. The van der Waals surface area contributed by atoms with Crippen LogP contribution in [0.2, 0.25) is 0 Å². The predicted octanol–water partition coefficient (Wildman–Crippen LogP) is 6.31. The zero-order chi connectivity index (χ0) is 24.9. The number of rotatable bonds is 10. The molecular formula is C30H41N2O3+. The van der Waals surface area contributed by atoms with E-state index in [0.717, 1.165) is 60.2 Å². The standard InChI is InChI=1S/C30H41N2O3/c1-29(2,35-26-18-12-7-13-19-26)20-21-32(3,4)23-27-22-31-28(34-27)30(33,24-14-8-5-9-15-24)25-16-10-6-11-17-25/h5,7-9,12-15,18-19,22,25,33H,6,10-11,16-17,20-21,23H2,1-4H3/q+1. The van der Waals surface area contributed by atoms with E-state index in [9.17, 15) is 5.11 Å². The Labute approximate surface area is 210 Å². The fourth-order valence-corrected chi connectivity index (χ4v) is 5.23. The van der Waals surface area contributed by atoms with Crippen LogP contribution >= 0.6 is 0 Å². The summed E-state index contributed by atoms with van der Waals surface area (Å²) in [6, 6.07) is 19.9. The van der Waals surface area contributed by atoms with Gasteiger partial charge in [-0.1, -0.05) is 67.8 Å². The van der Waals surface area contributed by atoms with Crippen LogP contribution in [0.4, 0.5) is 0 Å². The fraction of sp³-hybridized carbons (Fsp3) is 0.500. The molecule has 1 aliphatic rings. The minimum atomic E-state index is -1.19. The summed E-state index contributed by atoms with van der Waals surface area (Å²) in [5.41, 5.74) is -0.602. The van der Waals surface area contributed by atoms with E-state index in [-0.39, 0.29) is 11.5 Å². The second-order valence-corrected chi connectivity index (χ2v) is 11.3. The number of oxazole rings is 1. The maximum atomic E-state index is 12.1. The number of hydrogen-bond donors (Lipinski definition) is 1. The average Bonchev–Trinajstić information content (AvgIpc) is 3.32. The Balaban J connectivity index is 1.46. The molecule has 0 aliphatic heterocycles. The summed E-state index contributed by atoms with van der Waals surface area (Å²) < 4.78 is 13.3. The Morgan fingerprint density at radius 3 is 2.26 bits per heavy atom. The van der Waals surface area contributed by atoms with Gasteiger partial charge < -0.3 is 18.7 Å². The molecule has 1 N–H and O–H groups in total. The molecule has 0 saturated heterocycles. The monoisotopic (exact) mass is 477 g/mol. The van der Waals surface area contributed by atoms with Crippen molar-refractivity contribution in [3.8, 4) is 5.75 Å². The third-order valence-electron chi connectivity index (χ3n) is 7.33. The average molecular weight is 478 g/mol. The van der Waals surface area contributed by atoms with E-state index in [0.29, 0.717) is 12.4 Å². The van der Waals surface area contributed by atoms with Gasteiger partial charge in [-0.05, 0) is 44.4 Å². The van der Waals surface area contributed by atoms with Crippen LogP contribution in [-0.4, -0.2) is 40.8 Å². The van der Waals surface area contributed by atoms with Crippen LogP contribution in [0.1, 0.15) is 69.6 Å². The number of nitrogens with zero attached hydrogens (tertiary/aromatic N) is 2. The van der Waals surface area contributed by atoms with Gasteiger partial charge in [-0.15, -0.1) is 0 Å². The molecule has 0 amide bonds. The molecule has 1 heterocycles. The first-order valence-electron chi connectivity index (χ1n) is 13.0. The summed E-state index contributed by atoms with van der Waals surface area (Å²) in [6.45, 7) is 5.89. The lowest BCUT2D eigenvalue weighted by Gasteiger charge is -2.36. The molecule has 1 saturated carbocycles. The highest BCUT2D eigenvalue weighted by Crippen LogP contribution is 2.43. The van der Waals surface area contributed by atoms with Gasteiger partial charge in [0, 0.05) is 12.3 Å². The van der Waals surface area contributed by atoms with Gasteiger partial charge in [0.1, 0.15) is 17.9 Å². The Morgan fingerprint density at radius 2 is 1.60 bits per heavy atom. The van der Waals surface area contributed by atoms with Crippen LogP contribution in [0.5, 0.6) is 5.75 Å². The molecule has 1 atom stereocenters. The van der Waals surface area contributed by atoms with E-state index in [4.69, 9.17) is 9.15 Å². The molecule has 0 radical (unpaired) electrons. The lowest BCUT2D eigenvalue weighted by molar-refractivity contribution is -0.905. The van der Waals surface area contributed by atoms with Gasteiger partial charge in [0.25, 0.3) is 0 Å². The largest absolute Gasteiger partial charge is 0.488 e. The quantitative estimate of drug-likeness (QED) is 0.347. The molecule has 3 aromatic rings. The molecule has 0 bridgehead atoms. The zero-order valence-electron chi connectivity index (χ0n) is 21.7. The van der Waals surface area contributed by atoms with E-state index in [2.05, 4.69) is 32.9 Å². The summed E-state index contributed by atoms with van der Waals surface area (Å²) in [5.74, 6) is 2.24. The van der Waals surface area contributed by atoms with Crippen molar-refractivity contribution in [3.63, 3.8) is 0 Å². The van der Waals surface area contributed by atoms with Crippen molar-refractivity contribution in [1.82, 2.24) is 4.98 Å². The van der Waals surface area contributed by atoms with Gasteiger partial charge in [-0.2, -0.15) is 0 Å². The molecule has 1 unspecified atom stereocenters. The van der Waals surface area contributed by atoms with Crippen LogP contribution in [0.3, 0.4) is 0 Å². The third kappa shape index (κ3) is 6.33. The number of aliphatic hydroxyl groups is 1. The first-order chi connectivity index (χ1) is 16.7. The van der Waals surface area contributed by atoms with E-state index < -0.39 is 5.60 Å². The molecule has 1 fully saturated rings. The van der Waals surface area contributed by atoms with Crippen LogP contribution in [0.15, 0.2) is 71.3 Å². The van der Waals surface area contributed by atoms with Crippen molar-refractivity contribution in [2.24, 2.45) is 5.92 Å². The molecule has 5 nitrogen and oxygen atoms in total. The van der Waals surface area contributed by atoms with E-state index in [1.54, 1.807) is 6.20 Å². The number of aromatic nitrogens is 1. The van der Waals surface area contributed by atoms with Crippen LogP contribution < -0.4 is 4.74 Å². The summed E-state index contributed by atoms with van der Waals surface area (Å²) in [6.07, 6.45) is 8.18. The molecule has 35 heavy (non-hydrogen) atoms. The highest BCUT2D eigenvalue weighted by Gasteiger charge is 2.45. The van der Waals surface area contributed by atoms with Crippen molar-refractivity contribution in [3.05, 3.63) is 84.1 Å². The van der Waals surface area contributed by atoms with Crippen LogP contribution in [0.25, 0.3) is 0 Å². The van der Waals surface area contributed by atoms with Crippen molar-refractivity contribution < 1.29 is 18.7 Å². The normalized spacial score (nSPS) is 17.2.